The third-order valence-corrected chi connectivity index (χ3v) is 9.24. The van der Waals surface area contributed by atoms with E-state index >= 15 is 0 Å². The largest absolute Gasteiger partial charge is 0.432 e. The summed E-state index contributed by atoms with van der Waals surface area (Å²) in [6, 6.07) is 11.8. The Morgan fingerprint density at radius 3 is 1.76 bits per heavy atom. The van der Waals surface area contributed by atoms with Gasteiger partial charge in [0, 0.05) is 11.6 Å². The number of hydrogen-bond donors (Lipinski definition) is 0. The molecule has 11 heteroatoms. The fraction of sp³-hybridized carbons (Fsp3) is 0.385. The summed E-state index contributed by atoms with van der Waals surface area (Å²) in [4.78, 5) is 0. The lowest BCUT2D eigenvalue weighted by atomic mass is 9.78. The van der Waals surface area contributed by atoms with Gasteiger partial charge in [0.1, 0.15) is 28.7 Å². The Morgan fingerprint density at radius 2 is 1.16 bits per heavy atom. The van der Waals surface area contributed by atoms with Crippen molar-refractivity contribution in [2.75, 3.05) is 0 Å². The van der Waals surface area contributed by atoms with E-state index in [1.807, 2.05) is 0 Å². The summed E-state index contributed by atoms with van der Waals surface area (Å²) >= 11 is 0. The zero-order valence-corrected chi connectivity index (χ0v) is 27.4. The van der Waals surface area contributed by atoms with Gasteiger partial charge < -0.3 is 9.47 Å². The molecule has 268 valence electrons. The molecule has 1 aliphatic carbocycles. The zero-order chi connectivity index (χ0) is 36.1. The Balaban J connectivity index is 1.17. The van der Waals surface area contributed by atoms with Crippen molar-refractivity contribution in [1.29, 1.82) is 0 Å². The van der Waals surface area contributed by atoms with Crippen LogP contribution in [0.2, 0.25) is 0 Å². The quantitative estimate of drug-likeness (QED) is 0.0738. The Morgan fingerprint density at radius 1 is 0.580 bits per heavy atom. The highest BCUT2D eigenvalue weighted by molar-refractivity contribution is 5.71. The summed E-state index contributed by atoms with van der Waals surface area (Å²) in [6.45, 7) is 2.16. The van der Waals surface area contributed by atoms with Crippen molar-refractivity contribution in [2.45, 2.75) is 83.3 Å². The van der Waals surface area contributed by atoms with Gasteiger partial charge in [0.25, 0.3) is 0 Å². The van der Waals surface area contributed by atoms with E-state index in [9.17, 15) is 39.5 Å². The van der Waals surface area contributed by atoms with Crippen molar-refractivity contribution in [3.05, 3.63) is 107 Å². The molecule has 2 nitrogen and oxygen atoms in total. The molecule has 0 unspecified atom stereocenters. The van der Waals surface area contributed by atoms with Crippen molar-refractivity contribution in [1.82, 2.24) is 0 Å². The van der Waals surface area contributed by atoms with Crippen molar-refractivity contribution >= 4 is 0 Å². The minimum absolute atomic E-state index is 0.157. The second kappa shape index (κ2) is 15.8. The van der Waals surface area contributed by atoms with Crippen molar-refractivity contribution in [3.8, 4) is 33.8 Å². The molecular formula is C39H37F9O2. The molecular weight excluding hydrogens is 671 g/mol. The van der Waals surface area contributed by atoms with Gasteiger partial charge in [0.15, 0.2) is 17.5 Å². The van der Waals surface area contributed by atoms with E-state index in [0.717, 1.165) is 56.4 Å². The molecule has 1 fully saturated rings. The van der Waals surface area contributed by atoms with Crippen LogP contribution >= 0.6 is 0 Å². The number of halogens is 9. The summed E-state index contributed by atoms with van der Waals surface area (Å²) in [5, 5.41) is 0. The van der Waals surface area contributed by atoms with Gasteiger partial charge >= 0.3 is 12.2 Å². The summed E-state index contributed by atoms with van der Waals surface area (Å²) in [5.41, 5.74) is -0.988. The van der Waals surface area contributed by atoms with Crippen LogP contribution in [-0.4, -0.2) is 6.11 Å². The minimum atomic E-state index is -4.20. The Labute approximate surface area is 285 Å². The van der Waals surface area contributed by atoms with E-state index in [0.29, 0.717) is 35.7 Å². The van der Waals surface area contributed by atoms with Gasteiger partial charge in [-0.15, -0.1) is 0 Å². The molecule has 1 saturated carbocycles. The number of rotatable bonds is 14. The second-order valence-corrected chi connectivity index (χ2v) is 12.9. The number of alkyl halides is 4. The molecule has 0 aliphatic heterocycles. The van der Waals surface area contributed by atoms with Crippen LogP contribution in [0.5, 0.6) is 11.5 Å². The smallest absolute Gasteiger partial charge is 0.429 e. The normalized spacial score (nSPS) is 16.8. The van der Waals surface area contributed by atoms with Crippen LogP contribution in [-0.2, 0) is 6.11 Å². The fourth-order valence-corrected chi connectivity index (χ4v) is 6.44. The predicted molar refractivity (Wildman–Crippen MR) is 172 cm³/mol. The highest BCUT2D eigenvalue weighted by atomic mass is 19.3. The molecule has 4 aromatic rings. The van der Waals surface area contributed by atoms with Crippen LogP contribution < -0.4 is 9.47 Å². The van der Waals surface area contributed by atoms with Gasteiger partial charge in [0.2, 0.25) is 0 Å². The van der Waals surface area contributed by atoms with Crippen LogP contribution in [0.1, 0.15) is 76.7 Å². The Bertz CT molecular complexity index is 1730. The summed E-state index contributed by atoms with van der Waals surface area (Å²) in [6.07, 6.45) is 0.412. The second-order valence-electron chi connectivity index (χ2n) is 12.9. The van der Waals surface area contributed by atoms with Crippen LogP contribution in [0.4, 0.5) is 39.5 Å². The van der Waals surface area contributed by atoms with Crippen molar-refractivity contribution in [3.63, 3.8) is 0 Å². The lowest BCUT2D eigenvalue weighted by Gasteiger charge is -2.29. The lowest BCUT2D eigenvalue weighted by Crippen LogP contribution is -2.27. The van der Waals surface area contributed by atoms with E-state index in [1.165, 1.54) is 43.5 Å². The first-order valence-electron chi connectivity index (χ1n) is 16.7. The van der Waals surface area contributed by atoms with Gasteiger partial charge in [0.05, 0.1) is 6.42 Å². The molecule has 0 saturated heterocycles. The maximum absolute atomic E-state index is 15.0. The van der Waals surface area contributed by atoms with Gasteiger partial charge in [-0.05, 0) is 77.4 Å². The van der Waals surface area contributed by atoms with E-state index < -0.39 is 59.0 Å². The minimum Gasteiger partial charge on any atom is -0.432 e. The SMILES string of the molecule is CCCCCC1CCC(CCC(F)(F)Oc2ccc(C(F)(F)Oc3ccc(-c4ccc(-c5cc(F)c(F)c(F)c5)c(F)c4)cc3)c(F)c2)CC1. The third-order valence-electron chi connectivity index (χ3n) is 9.24. The number of benzene rings is 4. The molecule has 4 aromatic carbocycles. The average Bonchev–Trinajstić information content (AvgIpc) is 3.06. The fourth-order valence-electron chi connectivity index (χ4n) is 6.44. The molecule has 0 aromatic heterocycles. The van der Waals surface area contributed by atoms with E-state index in [-0.39, 0.29) is 34.8 Å². The van der Waals surface area contributed by atoms with Crippen molar-refractivity contribution in [2.24, 2.45) is 11.8 Å². The van der Waals surface area contributed by atoms with E-state index in [2.05, 4.69) is 6.92 Å². The first kappa shape index (κ1) is 37.1. The van der Waals surface area contributed by atoms with E-state index in [4.69, 9.17) is 9.47 Å². The van der Waals surface area contributed by atoms with Crippen LogP contribution in [0.15, 0.2) is 72.8 Å². The summed E-state index contributed by atoms with van der Waals surface area (Å²) in [5.74, 6) is -7.19. The van der Waals surface area contributed by atoms with Crippen LogP contribution in [0, 0.1) is 40.9 Å². The molecule has 5 rings (SSSR count). The van der Waals surface area contributed by atoms with Crippen LogP contribution in [0.3, 0.4) is 0 Å². The molecule has 0 amide bonds. The average molecular weight is 709 g/mol. The van der Waals surface area contributed by atoms with Gasteiger partial charge in [-0.3, -0.25) is 0 Å². The molecule has 50 heavy (non-hydrogen) atoms. The topological polar surface area (TPSA) is 18.5 Å². The Kier molecular flexibility index (Phi) is 11.7. The van der Waals surface area contributed by atoms with Gasteiger partial charge in [-0.25, -0.2) is 22.0 Å². The molecule has 1 aliphatic rings. The highest BCUT2D eigenvalue weighted by Gasteiger charge is 2.39. The molecule has 0 atom stereocenters. The van der Waals surface area contributed by atoms with Crippen molar-refractivity contribution < 1.29 is 49.0 Å². The molecule has 0 spiro atoms. The molecule has 0 bridgehead atoms. The maximum atomic E-state index is 15.0. The van der Waals surface area contributed by atoms with Gasteiger partial charge in [-0.1, -0.05) is 82.6 Å². The highest BCUT2D eigenvalue weighted by Crippen LogP contribution is 2.39. The van der Waals surface area contributed by atoms with E-state index in [1.54, 1.807) is 0 Å². The Hall–Kier alpha value is -4.15. The summed E-state index contributed by atoms with van der Waals surface area (Å²) < 4.78 is 139. The maximum Gasteiger partial charge on any atom is 0.429 e. The zero-order valence-electron chi connectivity index (χ0n) is 27.4. The number of hydrogen-bond acceptors (Lipinski definition) is 2. The number of unbranched alkanes of at least 4 members (excludes halogenated alkanes) is 2. The predicted octanol–water partition coefficient (Wildman–Crippen LogP) is 13.0. The lowest BCUT2D eigenvalue weighted by molar-refractivity contribution is -0.188. The molecule has 0 radical (unpaired) electrons. The standard InChI is InChI=1S/C39H37F9O2/c1-2-3-4-5-24-6-8-25(9-7-24)18-19-38(45,46)49-30-15-17-32(34(41)23-30)39(47,48)50-29-13-10-26(11-14-29)27-12-16-31(33(40)20-27)28-21-35(42)37(44)36(43)22-28/h10-17,20-25H,2-9,18-19H2,1H3. The summed E-state index contributed by atoms with van der Waals surface area (Å²) in [7, 11) is 0. The number of ether oxygens (including phenoxy) is 2. The molecule has 0 N–H and O–H groups in total. The first-order chi connectivity index (χ1) is 23.7. The van der Waals surface area contributed by atoms with Gasteiger partial charge in [-0.2, -0.15) is 17.6 Å². The third kappa shape index (κ3) is 9.34. The van der Waals surface area contributed by atoms with Crippen LogP contribution in [0.25, 0.3) is 22.3 Å². The monoisotopic (exact) mass is 708 g/mol. The molecule has 0 heterocycles. The first-order valence-corrected chi connectivity index (χ1v) is 16.7.